The number of ether oxygens (including phenoxy) is 1. The highest BCUT2D eigenvalue weighted by Crippen LogP contribution is 2.32. The van der Waals surface area contributed by atoms with Gasteiger partial charge in [-0.15, -0.1) is 0 Å². The number of H-pyrrole nitrogens is 1. The Labute approximate surface area is 236 Å². The van der Waals surface area contributed by atoms with Crippen LogP contribution in [0.3, 0.4) is 0 Å². The summed E-state index contributed by atoms with van der Waals surface area (Å²) in [6.45, 7) is 4.73. The SMILES string of the molecule is CCOC(=O)CCC1CCCCN1C(=O)c1cc2ncnc(NC(C)c3nc4cc(Cl)ccc4[nH]3)c2cc1Cl. The zero-order valence-electron chi connectivity index (χ0n) is 21.8. The summed E-state index contributed by atoms with van der Waals surface area (Å²) in [6, 6.07) is 8.73. The fourth-order valence-electron chi connectivity index (χ4n) is 5.07. The summed E-state index contributed by atoms with van der Waals surface area (Å²) >= 11 is 12.8. The molecule has 0 radical (unpaired) electrons. The molecule has 2 aromatic carbocycles. The van der Waals surface area contributed by atoms with Crippen LogP contribution in [0.1, 0.15) is 68.2 Å². The number of amides is 1. The van der Waals surface area contributed by atoms with Crippen molar-refractivity contribution >= 4 is 62.8 Å². The van der Waals surface area contributed by atoms with Crippen LogP contribution in [0.2, 0.25) is 10.0 Å². The molecule has 4 aromatic rings. The summed E-state index contributed by atoms with van der Waals surface area (Å²) in [5.74, 6) is 0.919. The minimum atomic E-state index is -0.239. The number of hydrogen-bond acceptors (Lipinski definition) is 7. The topological polar surface area (TPSA) is 113 Å². The fourth-order valence-corrected chi connectivity index (χ4v) is 5.48. The number of halogens is 2. The molecule has 2 unspecified atom stereocenters. The van der Waals surface area contributed by atoms with E-state index in [-0.39, 0.29) is 30.4 Å². The van der Waals surface area contributed by atoms with Crippen molar-refractivity contribution in [3.8, 4) is 0 Å². The number of aromatic amines is 1. The van der Waals surface area contributed by atoms with Crippen molar-refractivity contribution in [1.29, 1.82) is 0 Å². The number of nitrogens with zero attached hydrogens (tertiary/aromatic N) is 4. The molecule has 5 rings (SSSR count). The second-order valence-corrected chi connectivity index (χ2v) is 10.6. The van der Waals surface area contributed by atoms with E-state index in [9.17, 15) is 9.59 Å². The minimum absolute atomic E-state index is 0.0374. The third-order valence-electron chi connectivity index (χ3n) is 7.06. The van der Waals surface area contributed by atoms with Gasteiger partial charge in [-0.05, 0) is 69.9 Å². The van der Waals surface area contributed by atoms with Crippen LogP contribution < -0.4 is 5.32 Å². The Morgan fingerprint density at radius 2 is 2.03 bits per heavy atom. The molecule has 9 nitrogen and oxygen atoms in total. The summed E-state index contributed by atoms with van der Waals surface area (Å²) in [6.07, 6.45) is 5.08. The molecule has 2 N–H and O–H groups in total. The standard InChI is InChI=1S/C28H30Cl2N6O3/c1-3-39-25(37)10-8-18-6-4-5-11-36(18)28(38)19-14-23-20(13-21(19)30)27(32-15-31-23)33-16(2)26-34-22-9-7-17(29)12-24(22)35-26/h7,9,12-16,18H,3-6,8,10-11H2,1-2H3,(H,34,35)(H,31,32,33). The van der Waals surface area contributed by atoms with Gasteiger partial charge in [0.1, 0.15) is 18.0 Å². The molecule has 1 aliphatic rings. The van der Waals surface area contributed by atoms with Gasteiger partial charge in [0.15, 0.2) is 0 Å². The van der Waals surface area contributed by atoms with Crippen LogP contribution in [0.25, 0.3) is 21.9 Å². The van der Waals surface area contributed by atoms with Crippen LogP contribution in [0.5, 0.6) is 0 Å². The minimum Gasteiger partial charge on any atom is -0.466 e. The Kier molecular flexibility index (Phi) is 8.18. The van der Waals surface area contributed by atoms with Crippen LogP contribution in [0.15, 0.2) is 36.7 Å². The number of likely N-dealkylation sites (tertiary alicyclic amines) is 1. The Morgan fingerprint density at radius 3 is 2.85 bits per heavy atom. The molecule has 1 saturated heterocycles. The second kappa shape index (κ2) is 11.8. The molecule has 204 valence electrons. The quantitative estimate of drug-likeness (QED) is 0.239. The van der Waals surface area contributed by atoms with Crippen molar-refractivity contribution in [3.05, 3.63) is 58.1 Å². The summed E-state index contributed by atoms with van der Waals surface area (Å²) < 4.78 is 5.07. The van der Waals surface area contributed by atoms with Crippen molar-refractivity contribution in [3.63, 3.8) is 0 Å². The maximum atomic E-state index is 13.6. The monoisotopic (exact) mass is 568 g/mol. The molecule has 11 heteroatoms. The molecule has 0 bridgehead atoms. The highest BCUT2D eigenvalue weighted by molar-refractivity contribution is 6.35. The molecule has 0 aliphatic carbocycles. The number of benzene rings is 2. The van der Waals surface area contributed by atoms with Crippen molar-refractivity contribution in [2.24, 2.45) is 0 Å². The number of esters is 1. The number of piperidine rings is 1. The van der Waals surface area contributed by atoms with Gasteiger partial charge in [0.25, 0.3) is 5.91 Å². The van der Waals surface area contributed by atoms with Crippen molar-refractivity contribution in [2.45, 2.75) is 58.0 Å². The largest absolute Gasteiger partial charge is 0.466 e. The first kappa shape index (κ1) is 27.1. The predicted octanol–water partition coefficient (Wildman–Crippen LogP) is 6.32. The van der Waals surface area contributed by atoms with Gasteiger partial charge in [-0.3, -0.25) is 9.59 Å². The van der Waals surface area contributed by atoms with E-state index in [0.29, 0.717) is 51.9 Å². The van der Waals surface area contributed by atoms with Gasteiger partial charge in [-0.25, -0.2) is 15.0 Å². The van der Waals surface area contributed by atoms with Gasteiger partial charge < -0.3 is 19.9 Å². The number of carbonyl (C=O) groups is 2. The zero-order valence-corrected chi connectivity index (χ0v) is 23.3. The Hall–Kier alpha value is -3.43. The lowest BCUT2D eigenvalue weighted by Crippen LogP contribution is -2.44. The van der Waals surface area contributed by atoms with Gasteiger partial charge in [0, 0.05) is 29.4 Å². The summed E-state index contributed by atoms with van der Waals surface area (Å²) in [4.78, 5) is 44.2. The van der Waals surface area contributed by atoms with Crippen molar-refractivity contribution in [1.82, 2.24) is 24.8 Å². The van der Waals surface area contributed by atoms with Gasteiger partial charge in [-0.2, -0.15) is 0 Å². The van der Waals surface area contributed by atoms with E-state index < -0.39 is 0 Å². The lowest BCUT2D eigenvalue weighted by molar-refractivity contribution is -0.143. The average Bonchev–Trinajstić information content (AvgIpc) is 3.35. The first-order valence-electron chi connectivity index (χ1n) is 13.2. The maximum Gasteiger partial charge on any atom is 0.305 e. The van der Waals surface area contributed by atoms with Crippen LogP contribution >= 0.6 is 23.2 Å². The average molecular weight is 569 g/mol. The molecule has 3 heterocycles. The summed E-state index contributed by atoms with van der Waals surface area (Å²) in [5.41, 5.74) is 2.66. The van der Waals surface area contributed by atoms with E-state index in [1.165, 1.54) is 6.33 Å². The van der Waals surface area contributed by atoms with Gasteiger partial charge in [-0.1, -0.05) is 23.2 Å². The molecule has 1 fully saturated rings. The van der Waals surface area contributed by atoms with Gasteiger partial charge in [0.2, 0.25) is 0 Å². The number of anilines is 1. The number of nitrogens with one attached hydrogen (secondary N) is 2. The molecule has 0 saturated carbocycles. The van der Waals surface area contributed by atoms with E-state index in [0.717, 1.165) is 36.1 Å². The van der Waals surface area contributed by atoms with Crippen LogP contribution in [-0.4, -0.2) is 55.9 Å². The third-order valence-corrected chi connectivity index (χ3v) is 7.60. The number of rotatable bonds is 8. The second-order valence-electron chi connectivity index (χ2n) is 9.71. The van der Waals surface area contributed by atoms with Crippen molar-refractivity contribution in [2.75, 3.05) is 18.5 Å². The molecular formula is C28H30Cl2N6O3. The summed E-state index contributed by atoms with van der Waals surface area (Å²) in [5, 5.41) is 5.03. The number of imidazole rings is 1. The highest BCUT2D eigenvalue weighted by Gasteiger charge is 2.29. The van der Waals surface area contributed by atoms with E-state index in [1.807, 2.05) is 30.0 Å². The lowest BCUT2D eigenvalue weighted by atomic mass is 9.96. The number of aromatic nitrogens is 4. The first-order valence-corrected chi connectivity index (χ1v) is 13.9. The number of hydrogen-bond donors (Lipinski definition) is 2. The molecule has 1 aliphatic heterocycles. The first-order chi connectivity index (χ1) is 18.8. The molecule has 2 atom stereocenters. The molecule has 0 spiro atoms. The Morgan fingerprint density at radius 1 is 1.18 bits per heavy atom. The fraction of sp³-hybridized carbons (Fsp3) is 0.393. The summed E-state index contributed by atoms with van der Waals surface area (Å²) in [7, 11) is 0. The highest BCUT2D eigenvalue weighted by atomic mass is 35.5. The van der Waals surface area contributed by atoms with E-state index in [1.54, 1.807) is 19.1 Å². The van der Waals surface area contributed by atoms with Gasteiger partial charge >= 0.3 is 5.97 Å². The molecule has 2 aromatic heterocycles. The van der Waals surface area contributed by atoms with Gasteiger partial charge in [0.05, 0.1) is 39.8 Å². The van der Waals surface area contributed by atoms with Crippen LogP contribution in [0, 0.1) is 0 Å². The smallest absolute Gasteiger partial charge is 0.305 e. The van der Waals surface area contributed by atoms with Crippen molar-refractivity contribution < 1.29 is 14.3 Å². The molecule has 39 heavy (non-hydrogen) atoms. The predicted molar refractivity (Wildman–Crippen MR) is 152 cm³/mol. The van der Waals surface area contributed by atoms with Crippen LogP contribution in [0.4, 0.5) is 5.82 Å². The molecule has 1 amide bonds. The Bertz CT molecular complexity index is 1520. The Balaban J connectivity index is 1.37. The number of fused-ring (bicyclic) bond motifs is 2. The lowest BCUT2D eigenvalue weighted by Gasteiger charge is -2.36. The maximum absolute atomic E-state index is 13.6. The number of carbonyl (C=O) groups excluding carboxylic acids is 2. The van der Waals surface area contributed by atoms with Crippen LogP contribution in [-0.2, 0) is 9.53 Å². The van der Waals surface area contributed by atoms with E-state index in [2.05, 4.69) is 25.3 Å². The third kappa shape index (κ3) is 5.94. The molecular weight excluding hydrogens is 539 g/mol. The van der Waals surface area contributed by atoms with E-state index >= 15 is 0 Å². The zero-order chi connectivity index (χ0) is 27.5. The normalized spacial score (nSPS) is 16.4. The van der Waals surface area contributed by atoms with E-state index in [4.69, 9.17) is 27.9 Å².